The van der Waals surface area contributed by atoms with Crippen LogP contribution >= 0.6 is 12.4 Å². The van der Waals surface area contributed by atoms with Gasteiger partial charge in [-0.15, -0.1) is 12.4 Å². The van der Waals surface area contributed by atoms with Crippen molar-refractivity contribution in [1.82, 2.24) is 4.90 Å². The first-order valence-electron chi connectivity index (χ1n) is 6.85. The number of amides is 1. The predicted octanol–water partition coefficient (Wildman–Crippen LogP) is 1.59. The third-order valence-corrected chi connectivity index (χ3v) is 3.84. The number of piperidine rings is 1. The van der Waals surface area contributed by atoms with Crippen LogP contribution in [0.2, 0.25) is 0 Å². The number of non-ortho nitro benzene ring substituents is 1. The molecular formula is C14H20ClN3O4. The van der Waals surface area contributed by atoms with Gasteiger partial charge < -0.3 is 15.4 Å². The molecule has 0 bridgehead atoms. The van der Waals surface area contributed by atoms with Crippen LogP contribution in [0, 0.1) is 10.1 Å². The second-order valence-corrected chi connectivity index (χ2v) is 5.08. The summed E-state index contributed by atoms with van der Waals surface area (Å²) in [6, 6.07) is 5.68. The van der Waals surface area contributed by atoms with Gasteiger partial charge >= 0.3 is 0 Å². The fourth-order valence-corrected chi connectivity index (χ4v) is 2.64. The topological polar surface area (TPSA) is 98.7 Å². The van der Waals surface area contributed by atoms with Crippen LogP contribution < -0.4 is 5.73 Å². The van der Waals surface area contributed by atoms with Crippen molar-refractivity contribution in [3.8, 4) is 0 Å². The average molecular weight is 330 g/mol. The molecule has 8 heteroatoms. The highest BCUT2D eigenvalue weighted by Crippen LogP contribution is 2.22. The van der Waals surface area contributed by atoms with Gasteiger partial charge in [0.05, 0.1) is 11.0 Å². The lowest BCUT2D eigenvalue weighted by atomic mass is 9.98. The van der Waals surface area contributed by atoms with E-state index in [1.54, 1.807) is 18.1 Å². The van der Waals surface area contributed by atoms with Gasteiger partial charge in [-0.1, -0.05) is 6.07 Å². The van der Waals surface area contributed by atoms with E-state index in [4.69, 9.17) is 10.5 Å². The fraction of sp³-hybridized carbons (Fsp3) is 0.500. The van der Waals surface area contributed by atoms with Gasteiger partial charge in [0.2, 0.25) is 0 Å². The van der Waals surface area contributed by atoms with E-state index in [0.29, 0.717) is 25.1 Å². The summed E-state index contributed by atoms with van der Waals surface area (Å²) < 4.78 is 5.32. The molecule has 0 radical (unpaired) electrons. The maximum Gasteiger partial charge on any atom is 0.270 e. The zero-order valence-electron chi connectivity index (χ0n) is 12.3. The lowest BCUT2D eigenvalue weighted by Crippen LogP contribution is -2.51. The highest BCUT2D eigenvalue weighted by molar-refractivity contribution is 5.95. The van der Waals surface area contributed by atoms with Crippen molar-refractivity contribution < 1.29 is 14.5 Å². The molecule has 0 aromatic heterocycles. The summed E-state index contributed by atoms with van der Waals surface area (Å²) in [5.74, 6) is -0.219. The minimum Gasteiger partial charge on any atom is -0.381 e. The van der Waals surface area contributed by atoms with Gasteiger partial charge in [-0.05, 0) is 18.9 Å². The normalized spacial score (nSPS) is 21.1. The zero-order valence-corrected chi connectivity index (χ0v) is 13.1. The summed E-state index contributed by atoms with van der Waals surface area (Å²) in [5.41, 5.74) is 5.98. The van der Waals surface area contributed by atoms with Gasteiger partial charge in [0.25, 0.3) is 11.6 Å². The largest absolute Gasteiger partial charge is 0.381 e. The number of carbonyl (C=O) groups is 1. The number of benzene rings is 1. The number of likely N-dealkylation sites (tertiary alicyclic amines) is 1. The highest BCUT2D eigenvalue weighted by atomic mass is 35.5. The molecule has 1 aliphatic heterocycles. The highest BCUT2D eigenvalue weighted by Gasteiger charge is 2.31. The van der Waals surface area contributed by atoms with Crippen molar-refractivity contribution in [2.24, 2.45) is 5.73 Å². The molecule has 0 spiro atoms. The fourth-order valence-electron chi connectivity index (χ4n) is 2.64. The van der Waals surface area contributed by atoms with Gasteiger partial charge in [0, 0.05) is 43.9 Å². The van der Waals surface area contributed by atoms with Crippen LogP contribution in [0.25, 0.3) is 0 Å². The van der Waals surface area contributed by atoms with Crippen molar-refractivity contribution in [1.29, 1.82) is 0 Å². The standard InChI is InChI=1S/C14H19N3O4.ClH/c1-21-13-5-6-16(12(8-13)9-15)14(18)10-3-2-4-11(7-10)17(19)20;/h2-4,7,12-13H,5-6,8-9,15H2,1H3;1H. The van der Waals surface area contributed by atoms with Crippen LogP contribution in [0.15, 0.2) is 24.3 Å². The van der Waals surface area contributed by atoms with Gasteiger partial charge in [0.15, 0.2) is 0 Å². The molecule has 1 aromatic carbocycles. The Balaban J connectivity index is 0.00000242. The van der Waals surface area contributed by atoms with Crippen LogP contribution in [0.3, 0.4) is 0 Å². The van der Waals surface area contributed by atoms with Crippen molar-refractivity contribution in [2.75, 3.05) is 20.2 Å². The van der Waals surface area contributed by atoms with Gasteiger partial charge in [-0.25, -0.2) is 0 Å². The Bertz CT molecular complexity index is 541. The molecule has 1 amide bonds. The molecule has 2 rings (SSSR count). The van der Waals surface area contributed by atoms with E-state index in [2.05, 4.69) is 0 Å². The lowest BCUT2D eigenvalue weighted by Gasteiger charge is -2.38. The summed E-state index contributed by atoms with van der Waals surface area (Å²) in [4.78, 5) is 24.5. The minimum absolute atomic E-state index is 0. The van der Waals surface area contributed by atoms with Crippen molar-refractivity contribution in [2.45, 2.75) is 25.0 Å². The van der Waals surface area contributed by atoms with Crippen molar-refractivity contribution in [3.63, 3.8) is 0 Å². The number of ether oxygens (including phenoxy) is 1. The van der Waals surface area contributed by atoms with Crippen LogP contribution in [0.1, 0.15) is 23.2 Å². The molecule has 22 heavy (non-hydrogen) atoms. The van der Waals surface area contributed by atoms with E-state index < -0.39 is 4.92 Å². The molecule has 1 aliphatic rings. The maximum absolute atomic E-state index is 12.5. The molecule has 1 heterocycles. The number of rotatable bonds is 4. The van der Waals surface area contributed by atoms with E-state index in [-0.39, 0.29) is 36.1 Å². The van der Waals surface area contributed by atoms with Crippen LogP contribution in [-0.4, -0.2) is 48.1 Å². The average Bonchev–Trinajstić information content (AvgIpc) is 2.53. The summed E-state index contributed by atoms with van der Waals surface area (Å²) >= 11 is 0. The van der Waals surface area contributed by atoms with E-state index in [9.17, 15) is 14.9 Å². The van der Waals surface area contributed by atoms with Crippen LogP contribution in [0.5, 0.6) is 0 Å². The van der Waals surface area contributed by atoms with Crippen molar-refractivity contribution >= 4 is 24.0 Å². The van der Waals surface area contributed by atoms with E-state index in [0.717, 1.165) is 6.42 Å². The number of hydrogen-bond donors (Lipinski definition) is 1. The second kappa shape index (κ2) is 8.07. The Morgan fingerprint density at radius 3 is 2.86 bits per heavy atom. The monoisotopic (exact) mass is 329 g/mol. The molecule has 1 aromatic rings. The number of halogens is 1. The zero-order chi connectivity index (χ0) is 15.4. The quantitative estimate of drug-likeness (QED) is 0.668. The summed E-state index contributed by atoms with van der Waals surface area (Å²) in [5, 5.41) is 10.8. The number of carbonyl (C=O) groups excluding carboxylic acids is 1. The number of nitrogens with zero attached hydrogens (tertiary/aromatic N) is 2. The van der Waals surface area contributed by atoms with E-state index >= 15 is 0 Å². The number of methoxy groups -OCH3 is 1. The smallest absolute Gasteiger partial charge is 0.270 e. The van der Waals surface area contributed by atoms with Crippen LogP contribution in [-0.2, 0) is 4.74 Å². The Kier molecular flexibility index (Phi) is 6.73. The first kappa shape index (κ1) is 18.3. The second-order valence-electron chi connectivity index (χ2n) is 5.08. The van der Waals surface area contributed by atoms with E-state index in [1.807, 2.05) is 0 Å². The third kappa shape index (κ3) is 3.94. The predicted molar refractivity (Wildman–Crippen MR) is 84.3 cm³/mol. The molecule has 0 aliphatic carbocycles. The third-order valence-electron chi connectivity index (χ3n) is 3.84. The molecular weight excluding hydrogens is 310 g/mol. The minimum atomic E-state index is -0.506. The SMILES string of the molecule is COC1CCN(C(=O)c2cccc([N+](=O)[O-])c2)C(CN)C1.Cl. The summed E-state index contributed by atoms with van der Waals surface area (Å²) in [6.07, 6.45) is 1.54. The Labute approximate surface area is 135 Å². The van der Waals surface area contributed by atoms with E-state index in [1.165, 1.54) is 18.2 Å². The Morgan fingerprint density at radius 2 is 2.27 bits per heavy atom. The Hall–Kier alpha value is -1.70. The molecule has 0 saturated carbocycles. The Morgan fingerprint density at radius 1 is 1.55 bits per heavy atom. The van der Waals surface area contributed by atoms with Crippen molar-refractivity contribution in [3.05, 3.63) is 39.9 Å². The van der Waals surface area contributed by atoms with Gasteiger partial charge in [-0.3, -0.25) is 14.9 Å². The van der Waals surface area contributed by atoms with Gasteiger partial charge in [-0.2, -0.15) is 0 Å². The van der Waals surface area contributed by atoms with Gasteiger partial charge in [0.1, 0.15) is 0 Å². The maximum atomic E-state index is 12.5. The molecule has 2 unspecified atom stereocenters. The summed E-state index contributed by atoms with van der Waals surface area (Å²) in [7, 11) is 1.65. The summed E-state index contributed by atoms with van der Waals surface area (Å²) in [6.45, 7) is 0.891. The number of nitrogens with two attached hydrogens (primary N) is 1. The molecule has 2 atom stereocenters. The number of hydrogen-bond acceptors (Lipinski definition) is 5. The first-order valence-corrected chi connectivity index (χ1v) is 6.85. The molecule has 122 valence electrons. The lowest BCUT2D eigenvalue weighted by molar-refractivity contribution is -0.384. The van der Waals surface area contributed by atoms with Crippen LogP contribution in [0.4, 0.5) is 5.69 Å². The molecule has 1 fully saturated rings. The first-order chi connectivity index (χ1) is 10.1. The number of nitro groups is 1. The molecule has 7 nitrogen and oxygen atoms in total. The number of nitro benzene ring substituents is 1. The molecule has 1 saturated heterocycles. The molecule has 2 N–H and O–H groups in total.